The number of rotatable bonds is 4. The Balaban J connectivity index is 1.96. The predicted octanol–water partition coefficient (Wildman–Crippen LogP) is 3.10. The first-order chi connectivity index (χ1) is 12.4. The van der Waals surface area contributed by atoms with Crippen molar-refractivity contribution in [3.05, 3.63) is 75.3 Å². The fraction of sp³-hybridized carbons (Fsp3) is 0.0556. The number of aromatic carboxylic acids is 1. The number of hydrogen-bond acceptors (Lipinski definition) is 5. The summed E-state index contributed by atoms with van der Waals surface area (Å²) in [5, 5.41) is 25.3. The molecule has 1 aliphatic heterocycles. The lowest BCUT2D eigenvalue weighted by Crippen LogP contribution is -2.21. The number of carboxylic acids is 1. The normalized spacial score (nSPS) is 15.3. The zero-order chi connectivity index (χ0) is 18.8. The van der Waals surface area contributed by atoms with Crippen molar-refractivity contribution in [2.45, 2.75) is 6.92 Å². The molecule has 0 fully saturated rings. The third-order valence-electron chi connectivity index (χ3n) is 3.79. The van der Waals surface area contributed by atoms with Gasteiger partial charge in [0.25, 0.3) is 11.6 Å². The minimum Gasteiger partial charge on any atom is -0.478 e. The summed E-state index contributed by atoms with van der Waals surface area (Å²) in [6.07, 6.45) is 1.52. The van der Waals surface area contributed by atoms with Gasteiger partial charge in [0.1, 0.15) is 0 Å². The smallest absolute Gasteiger partial charge is 0.335 e. The van der Waals surface area contributed by atoms with Crippen LogP contribution in [0.1, 0.15) is 22.8 Å². The lowest BCUT2D eigenvalue weighted by atomic mass is 10.1. The van der Waals surface area contributed by atoms with Crippen LogP contribution in [-0.2, 0) is 4.79 Å². The molecule has 2 aromatic rings. The summed E-state index contributed by atoms with van der Waals surface area (Å²) in [7, 11) is 0. The molecule has 0 saturated carbocycles. The van der Waals surface area contributed by atoms with E-state index in [0.717, 1.165) is 5.01 Å². The van der Waals surface area contributed by atoms with Crippen molar-refractivity contribution < 1.29 is 19.6 Å². The third kappa shape index (κ3) is 3.20. The molecule has 3 rings (SSSR count). The molecule has 130 valence electrons. The van der Waals surface area contributed by atoms with Gasteiger partial charge in [-0.05, 0) is 36.8 Å². The van der Waals surface area contributed by atoms with Crippen molar-refractivity contribution in [1.82, 2.24) is 0 Å². The highest BCUT2D eigenvalue weighted by Gasteiger charge is 2.29. The number of carbonyl (C=O) groups is 2. The van der Waals surface area contributed by atoms with E-state index in [9.17, 15) is 19.7 Å². The second kappa shape index (κ2) is 6.60. The molecule has 8 heteroatoms. The van der Waals surface area contributed by atoms with Gasteiger partial charge in [-0.2, -0.15) is 10.1 Å². The zero-order valence-electron chi connectivity index (χ0n) is 13.6. The molecule has 1 heterocycles. The summed E-state index contributed by atoms with van der Waals surface area (Å²) >= 11 is 0. The van der Waals surface area contributed by atoms with Crippen LogP contribution in [-0.4, -0.2) is 27.6 Å². The summed E-state index contributed by atoms with van der Waals surface area (Å²) in [6.45, 7) is 1.64. The van der Waals surface area contributed by atoms with Crippen molar-refractivity contribution in [3.8, 4) is 0 Å². The van der Waals surface area contributed by atoms with Crippen LogP contribution in [0, 0.1) is 10.1 Å². The molecule has 26 heavy (non-hydrogen) atoms. The maximum absolute atomic E-state index is 12.7. The van der Waals surface area contributed by atoms with Gasteiger partial charge >= 0.3 is 5.97 Å². The van der Waals surface area contributed by atoms with E-state index in [2.05, 4.69) is 5.10 Å². The molecule has 0 saturated heterocycles. The fourth-order valence-electron chi connectivity index (χ4n) is 2.52. The number of amides is 1. The molecule has 2 aromatic carbocycles. The van der Waals surface area contributed by atoms with Gasteiger partial charge in [-0.15, -0.1) is 0 Å². The van der Waals surface area contributed by atoms with Crippen LogP contribution in [0.25, 0.3) is 6.08 Å². The van der Waals surface area contributed by atoms with E-state index in [4.69, 9.17) is 5.11 Å². The Morgan fingerprint density at radius 2 is 1.96 bits per heavy atom. The second-order valence-corrected chi connectivity index (χ2v) is 5.57. The number of non-ortho nitro benzene ring substituents is 1. The quantitative estimate of drug-likeness (QED) is 0.516. The van der Waals surface area contributed by atoms with E-state index in [-0.39, 0.29) is 16.8 Å². The van der Waals surface area contributed by atoms with Gasteiger partial charge in [-0.3, -0.25) is 14.9 Å². The molecule has 0 atom stereocenters. The number of carbonyl (C=O) groups excluding carboxylic acids is 1. The van der Waals surface area contributed by atoms with E-state index in [0.29, 0.717) is 17.0 Å². The number of hydrazone groups is 1. The molecule has 0 unspecified atom stereocenters. The summed E-state index contributed by atoms with van der Waals surface area (Å²) in [5.41, 5.74) is 1.51. The largest absolute Gasteiger partial charge is 0.478 e. The van der Waals surface area contributed by atoms with Crippen LogP contribution in [0.5, 0.6) is 0 Å². The van der Waals surface area contributed by atoms with Crippen LogP contribution in [0.2, 0.25) is 0 Å². The number of nitrogens with zero attached hydrogens (tertiary/aromatic N) is 3. The van der Waals surface area contributed by atoms with E-state index in [1.165, 1.54) is 42.5 Å². The minimum atomic E-state index is -1.11. The lowest BCUT2D eigenvalue weighted by molar-refractivity contribution is -0.384. The second-order valence-electron chi connectivity index (χ2n) is 5.57. The maximum atomic E-state index is 12.7. The van der Waals surface area contributed by atoms with Crippen molar-refractivity contribution in [1.29, 1.82) is 0 Å². The van der Waals surface area contributed by atoms with Crippen LogP contribution in [0.3, 0.4) is 0 Å². The Hall–Kier alpha value is -3.81. The monoisotopic (exact) mass is 351 g/mol. The van der Waals surface area contributed by atoms with Gasteiger partial charge in [0.05, 0.1) is 27.5 Å². The lowest BCUT2D eigenvalue weighted by Gasteiger charge is -2.12. The molecule has 1 aliphatic rings. The average molecular weight is 351 g/mol. The van der Waals surface area contributed by atoms with Crippen LogP contribution < -0.4 is 5.01 Å². The maximum Gasteiger partial charge on any atom is 0.335 e. The minimum absolute atomic E-state index is 0.0410. The van der Waals surface area contributed by atoms with Crippen LogP contribution in [0.15, 0.2) is 59.2 Å². The molecular weight excluding hydrogens is 338 g/mol. The Labute approximate surface area is 147 Å². The van der Waals surface area contributed by atoms with Crippen LogP contribution in [0.4, 0.5) is 11.4 Å². The van der Waals surface area contributed by atoms with E-state index in [1.54, 1.807) is 19.1 Å². The summed E-state index contributed by atoms with van der Waals surface area (Å²) in [6, 6.07) is 11.8. The van der Waals surface area contributed by atoms with Crippen molar-refractivity contribution in [2.75, 3.05) is 5.01 Å². The highest BCUT2D eigenvalue weighted by Crippen LogP contribution is 2.26. The number of benzene rings is 2. The Morgan fingerprint density at radius 1 is 1.23 bits per heavy atom. The zero-order valence-corrected chi connectivity index (χ0v) is 13.6. The van der Waals surface area contributed by atoms with E-state index < -0.39 is 16.8 Å². The highest BCUT2D eigenvalue weighted by atomic mass is 16.6. The first kappa shape index (κ1) is 17.0. The van der Waals surface area contributed by atoms with Gasteiger partial charge in [0, 0.05) is 12.1 Å². The highest BCUT2D eigenvalue weighted by molar-refractivity contribution is 6.32. The number of hydrogen-bond donors (Lipinski definition) is 1. The molecule has 8 nitrogen and oxygen atoms in total. The van der Waals surface area contributed by atoms with Crippen molar-refractivity contribution in [3.63, 3.8) is 0 Å². The molecule has 0 bridgehead atoms. The molecular formula is C18H13N3O5. The van der Waals surface area contributed by atoms with Gasteiger partial charge in [0.2, 0.25) is 0 Å². The average Bonchev–Trinajstić information content (AvgIpc) is 2.90. The molecule has 0 aliphatic carbocycles. The van der Waals surface area contributed by atoms with Gasteiger partial charge in [0.15, 0.2) is 0 Å². The Kier molecular flexibility index (Phi) is 4.32. The molecule has 0 spiro atoms. The molecule has 1 amide bonds. The van der Waals surface area contributed by atoms with E-state index in [1.807, 2.05) is 0 Å². The van der Waals surface area contributed by atoms with Gasteiger partial charge < -0.3 is 5.11 Å². The number of nitro benzene ring substituents is 1. The summed E-state index contributed by atoms with van der Waals surface area (Å²) < 4.78 is 0. The van der Waals surface area contributed by atoms with Gasteiger partial charge in [-0.1, -0.05) is 18.2 Å². The molecule has 0 radical (unpaired) electrons. The first-order valence-corrected chi connectivity index (χ1v) is 7.56. The van der Waals surface area contributed by atoms with Crippen molar-refractivity contribution in [2.24, 2.45) is 5.10 Å². The standard InChI is InChI=1S/C18H13N3O5/c1-11-16(9-12-4-2-7-15(8-12)21(25)26)17(22)20(19-11)14-6-3-5-13(10-14)18(23)24/h2-10H,1H3,(H,23,24)/b16-9-. The van der Waals surface area contributed by atoms with Crippen molar-refractivity contribution >= 4 is 35.0 Å². The first-order valence-electron chi connectivity index (χ1n) is 7.56. The Bertz CT molecular complexity index is 994. The van der Waals surface area contributed by atoms with Gasteiger partial charge in [-0.25, -0.2) is 4.79 Å². The SMILES string of the molecule is CC1=NN(c2cccc(C(=O)O)c2)C(=O)/C1=C\c1cccc([N+](=O)[O-])c1. The Morgan fingerprint density at radius 3 is 2.65 bits per heavy atom. The molecule has 1 N–H and O–H groups in total. The van der Waals surface area contributed by atoms with Crippen LogP contribution >= 0.6 is 0 Å². The number of anilines is 1. The summed E-state index contributed by atoms with van der Waals surface area (Å²) in [5.74, 6) is -1.54. The van der Waals surface area contributed by atoms with E-state index >= 15 is 0 Å². The molecule has 0 aromatic heterocycles. The fourth-order valence-corrected chi connectivity index (χ4v) is 2.52. The summed E-state index contributed by atoms with van der Waals surface area (Å²) in [4.78, 5) is 34.2. The number of carboxylic acid groups (broad SMARTS) is 1. The third-order valence-corrected chi connectivity index (χ3v) is 3.79. The topological polar surface area (TPSA) is 113 Å². The predicted molar refractivity (Wildman–Crippen MR) is 95.1 cm³/mol. The number of nitro groups is 1.